The van der Waals surface area contributed by atoms with Crippen LogP contribution >= 0.6 is 12.2 Å². The topological polar surface area (TPSA) is 72.6 Å². The van der Waals surface area contributed by atoms with Crippen LogP contribution in [-0.4, -0.2) is 64.5 Å². The number of piperazine rings is 1. The third kappa shape index (κ3) is 5.00. The highest BCUT2D eigenvalue weighted by Crippen LogP contribution is 2.39. The number of hydrogen-bond donors (Lipinski definition) is 0. The van der Waals surface area contributed by atoms with Crippen LogP contribution in [0.2, 0.25) is 0 Å². The molecule has 0 atom stereocenters. The summed E-state index contributed by atoms with van der Waals surface area (Å²) < 4.78 is 72.3. The van der Waals surface area contributed by atoms with Crippen LogP contribution in [0.15, 0.2) is 29.2 Å². The number of sulfonamides is 1. The van der Waals surface area contributed by atoms with E-state index < -0.39 is 22.1 Å². The van der Waals surface area contributed by atoms with Crippen molar-refractivity contribution in [2.24, 2.45) is 0 Å². The van der Waals surface area contributed by atoms with Gasteiger partial charge >= 0.3 is 6.36 Å². The number of hydrogen-bond acceptors (Lipinski definition) is 6. The summed E-state index contributed by atoms with van der Waals surface area (Å²) in [5, 5.41) is 4.70. The van der Waals surface area contributed by atoms with E-state index in [9.17, 15) is 21.6 Å². The molecular weight excluding hydrogens is 467 g/mol. The lowest BCUT2D eigenvalue weighted by atomic mass is 10.3. The smallest absolute Gasteiger partial charge is 0.406 e. The third-order valence-electron chi connectivity index (χ3n) is 5.57. The van der Waals surface area contributed by atoms with E-state index in [2.05, 4.69) is 14.2 Å². The molecular formula is C19H24F3N5O3S2. The second kappa shape index (κ2) is 8.76. The predicted molar refractivity (Wildman–Crippen MR) is 112 cm³/mol. The molecule has 1 aliphatic carbocycles. The van der Waals surface area contributed by atoms with E-state index in [0.29, 0.717) is 30.4 Å². The summed E-state index contributed by atoms with van der Waals surface area (Å²) in [6.45, 7) is 4.81. The minimum absolute atomic E-state index is 0.0709. The maximum atomic E-state index is 12.9. The van der Waals surface area contributed by atoms with Gasteiger partial charge in [0.2, 0.25) is 10.0 Å². The Morgan fingerprint density at radius 2 is 1.75 bits per heavy atom. The Hall–Kier alpha value is -1.96. The zero-order valence-corrected chi connectivity index (χ0v) is 19.1. The molecule has 8 nitrogen and oxygen atoms in total. The molecule has 1 aromatic carbocycles. The van der Waals surface area contributed by atoms with Gasteiger partial charge in [-0.25, -0.2) is 13.1 Å². The van der Waals surface area contributed by atoms with Crippen LogP contribution < -0.4 is 4.74 Å². The second-order valence-electron chi connectivity index (χ2n) is 7.84. The van der Waals surface area contributed by atoms with Crippen LogP contribution in [0.4, 0.5) is 13.2 Å². The lowest BCUT2D eigenvalue weighted by Crippen LogP contribution is -2.48. The van der Waals surface area contributed by atoms with Crippen molar-refractivity contribution in [3.63, 3.8) is 0 Å². The fraction of sp³-hybridized carbons (Fsp3) is 0.579. The normalized spacial score (nSPS) is 18.8. The molecule has 0 radical (unpaired) electrons. The first-order chi connectivity index (χ1) is 15.1. The summed E-state index contributed by atoms with van der Waals surface area (Å²) in [5.74, 6) is 1.04. The molecule has 2 aliphatic rings. The zero-order valence-electron chi connectivity index (χ0n) is 17.5. The van der Waals surface area contributed by atoms with Gasteiger partial charge in [-0.1, -0.05) is 0 Å². The summed E-state index contributed by atoms with van der Waals surface area (Å²) in [4.78, 5) is 2.02. The number of nitrogens with zero attached hydrogens (tertiary/aromatic N) is 5. The maximum Gasteiger partial charge on any atom is 0.573 e. The summed E-state index contributed by atoms with van der Waals surface area (Å²) in [5.41, 5.74) is 0. The lowest BCUT2D eigenvalue weighted by Gasteiger charge is -2.33. The second-order valence-corrected chi connectivity index (χ2v) is 10.1. The number of benzene rings is 1. The molecule has 1 aliphatic heterocycles. The van der Waals surface area contributed by atoms with Gasteiger partial charge in [0.05, 0.1) is 11.6 Å². The van der Waals surface area contributed by atoms with Gasteiger partial charge in [0.1, 0.15) is 11.6 Å². The molecule has 4 rings (SSSR count). The Morgan fingerprint density at radius 3 is 2.28 bits per heavy atom. The van der Waals surface area contributed by atoms with E-state index >= 15 is 0 Å². The zero-order chi connectivity index (χ0) is 23.1. The molecule has 2 fully saturated rings. The Balaban J connectivity index is 1.38. The van der Waals surface area contributed by atoms with Gasteiger partial charge in [0.25, 0.3) is 0 Å². The Labute approximate surface area is 189 Å². The SMILES string of the molecule is CCn1c(C2CC2)nn(CN2CCN(S(=O)(=O)c3ccc(OC(F)(F)F)cc3)CC2)c1=S. The van der Waals surface area contributed by atoms with Crippen molar-refractivity contribution in [3.8, 4) is 5.75 Å². The van der Waals surface area contributed by atoms with Crippen molar-refractivity contribution in [1.29, 1.82) is 0 Å². The van der Waals surface area contributed by atoms with Gasteiger partial charge in [-0.3, -0.25) is 4.90 Å². The maximum absolute atomic E-state index is 12.9. The molecule has 0 bridgehead atoms. The molecule has 2 aromatic rings. The number of rotatable bonds is 7. The summed E-state index contributed by atoms with van der Waals surface area (Å²) in [7, 11) is -3.81. The van der Waals surface area contributed by atoms with E-state index in [1.807, 2.05) is 6.92 Å². The predicted octanol–water partition coefficient (Wildman–Crippen LogP) is 3.17. The number of aromatic nitrogens is 3. The summed E-state index contributed by atoms with van der Waals surface area (Å²) in [6.07, 6.45) is -2.57. The highest BCUT2D eigenvalue weighted by molar-refractivity contribution is 7.89. The Kier molecular flexibility index (Phi) is 6.36. The first-order valence-electron chi connectivity index (χ1n) is 10.3. The third-order valence-corrected chi connectivity index (χ3v) is 7.91. The van der Waals surface area contributed by atoms with E-state index in [1.54, 1.807) is 4.68 Å². The number of ether oxygens (including phenoxy) is 1. The monoisotopic (exact) mass is 491 g/mol. The van der Waals surface area contributed by atoms with E-state index in [-0.39, 0.29) is 18.0 Å². The van der Waals surface area contributed by atoms with E-state index in [1.165, 1.54) is 4.31 Å². The Morgan fingerprint density at radius 1 is 1.12 bits per heavy atom. The average molecular weight is 492 g/mol. The van der Waals surface area contributed by atoms with Crippen molar-refractivity contribution in [2.75, 3.05) is 26.2 Å². The van der Waals surface area contributed by atoms with E-state index in [4.69, 9.17) is 17.3 Å². The number of alkyl halides is 3. The largest absolute Gasteiger partial charge is 0.573 e. The van der Waals surface area contributed by atoms with Crippen LogP contribution in [0.3, 0.4) is 0 Å². The summed E-state index contributed by atoms with van der Waals surface area (Å²) in [6, 6.07) is 4.25. The van der Waals surface area contributed by atoms with Crippen molar-refractivity contribution in [3.05, 3.63) is 34.9 Å². The van der Waals surface area contributed by atoms with Gasteiger partial charge in [-0.05, 0) is 56.2 Å². The first kappa shape index (κ1) is 23.2. The van der Waals surface area contributed by atoms with Gasteiger partial charge in [0.15, 0.2) is 4.77 Å². The highest BCUT2D eigenvalue weighted by Gasteiger charge is 2.33. The van der Waals surface area contributed by atoms with Crippen LogP contribution in [0.1, 0.15) is 31.5 Å². The minimum Gasteiger partial charge on any atom is -0.406 e. The highest BCUT2D eigenvalue weighted by atomic mass is 32.2. The molecule has 0 spiro atoms. The van der Waals surface area contributed by atoms with Crippen molar-refractivity contribution < 1.29 is 26.3 Å². The molecule has 13 heteroatoms. The summed E-state index contributed by atoms with van der Waals surface area (Å²) >= 11 is 5.57. The van der Waals surface area contributed by atoms with Gasteiger partial charge in [0, 0.05) is 38.6 Å². The molecule has 0 unspecified atom stereocenters. The number of halogens is 3. The van der Waals surface area contributed by atoms with Crippen molar-refractivity contribution >= 4 is 22.2 Å². The standard InChI is InChI=1S/C19H24F3N5O3S2/c1-2-26-17(14-3-4-14)23-27(18(26)31)13-24-9-11-25(12-10-24)32(28,29)16-7-5-15(6-8-16)30-19(20,21)22/h5-8,14H,2-4,9-13H2,1H3. The van der Waals surface area contributed by atoms with E-state index in [0.717, 1.165) is 49.5 Å². The molecule has 1 saturated heterocycles. The molecule has 176 valence electrons. The molecule has 1 saturated carbocycles. The molecule has 0 N–H and O–H groups in total. The molecule has 0 amide bonds. The quantitative estimate of drug-likeness (QED) is 0.554. The van der Waals surface area contributed by atoms with Crippen LogP contribution in [0.25, 0.3) is 0 Å². The molecule has 2 heterocycles. The first-order valence-corrected chi connectivity index (χ1v) is 12.2. The van der Waals surface area contributed by atoms with Crippen LogP contribution in [0.5, 0.6) is 5.75 Å². The minimum atomic E-state index is -4.83. The van der Waals surface area contributed by atoms with Crippen molar-refractivity contribution in [2.45, 2.75) is 50.2 Å². The fourth-order valence-electron chi connectivity index (χ4n) is 3.75. The lowest BCUT2D eigenvalue weighted by molar-refractivity contribution is -0.274. The molecule has 1 aromatic heterocycles. The average Bonchev–Trinajstić information content (AvgIpc) is 3.53. The van der Waals surface area contributed by atoms with Crippen LogP contribution in [-0.2, 0) is 23.2 Å². The fourth-order valence-corrected chi connectivity index (χ4v) is 5.50. The van der Waals surface area contributed by atoms with Crippen LogP contribution in [0, 0.1) is 4.77 Å². The van der Waals surface area contributed by atoms with Gasteiger partial charge < -0.3 is 9.30 Å². The molecule has 32 heavy (non-hydrogen) atoms. The Bertz CT molecular complexity index is 1120. The van der Waals surface area contributed by atoms with Gasteiger partial charge in [-0.15, -0.1) is 13.2 Å². The van der Waals surface area contributed by atoms with Crippen molar-refractivity contribution in [1.82, 2.24) is 23.6 Å². The van der Waals surface area contributed by atoms with Gasteiger partial charge in [-0.2, -0.15) is 9.40 Å².